The van der Waals surface area contributed by atoms with Crippen molar-refractivity contribution in [1.82, 2.24) is 19.5 Å². The number of aromatic nitrogens is 3. The highest BCUT2D eigenvalue weighted by Gasteiger charge is 2.22. The van der Waals surface area contributed by atoms with E-state index >= 15 is 0 Å². The number of fused-ring (bicyclic) bond motifs is 1. The number of pyridine rings is 1. The summed E-state index contributed by atoms with van der Waals surface area (Å²) in [7, 11) is -5.64. The first-order valence-electron chi connectivity index (χ1n) is 11.1. The second-order valence-electron chi connectivity index (χ2n) is 8.72. The van der Waals surface area contributed by atoms with Crippen molar-refractivity contribution in [3.05, 3.63) is 72.3 Å². The van der Waals surface area contributed by atoms with Gasteiger partial charge in [-0.3, -0.25) is 14.0 Å². The lowest BCUT2D eigenvalue weighted by atomic mass is 10.1. The molecule has 35 heavy (non-hydrogen) atoms. The Morgan fingerprint density at radius 1 is 0.971 bits per heavy atom. The first-order valence-corrected chi connectivity index (χ1v) is 14.9. The Labute approximate surface area is 205 Å². The fourth-order valence-corrected chi connectivity index (χ4v) is 5.99. The molecule has 9 nitrogen and oxygen atoms in total. The smallest absolute Gasteiger partial charge is 0.247 e. The van der Waals surface area contributed by atoms with Gasteiger partial charge in [-0.1, -0.05) is 30.3 Å². The van der Waals surface area contributed by atoms with Gasteiger partial charge in [0.15, 0.2) is 15.5 Å². The molecule has 4 aromatic rings. The maximum Gasteiger partial charge on any atom is 0.247 e. The first-order chi connectivity index (χ1) is 16.7. The molecule has 2 aromatic carbocycles. The van der Waals surface area contributed by atoms with Crippen LogP contribution >= 0.6 is 10.6 Å². The van der Waals surface area contributed by atoms with Crippen LogP contribution in [0.5, 0.6) is 0 Å². The molecule has 0 aliphatic carbocycles. The van der Waals surface area contributed by atoms with Gasteiger partial charge >= 0.3 is 0 Å². The molecule has 184 valence electrons. The van der Waals surface area contributed by atoms with Gasteiger partial charge in [0, 0.05) is 37.1 Å². The zero-order chi connectivity index (χ0) is 24.6. The topological polar surface area (TPSA) is 120 Å². The van der Waals surface area contributed by atoms with E-state index in [0.29, 0.717) is 36.2 Å². The van der Waals surface area contributed by atoms with Gasteiger partial charge in [-0.25, -0.2) is 12.9 Å². The monoisotopic (exact) mass is 513 g/mol. The Hall–Kier alpha value is -2.96. The van der Waals surface area contributed by atoms with Crippen molar-refractivity contribution in [3.63, 3.8) is 0 Å². The number of rotatable bonds is 6. The number of nitrogens with one attached hydrogen (secondary N) is 1. The third kappa shape index (κ3) is 5.49. The van der Waals surface area contributed by atoms with Crippen molar-refractivity contribution in [2.75, 3.05) is 36.2 Å². The van der Waals surface area contributed by atoms with E-state index in [4.69, 9.17) is 0 Å². The Bertz CT molecular complexity index is 1440. The van der Waals surface area contributed by atoms with E-state index in [1.165, 1.54) is 6.26 Å². The van der Waals surface area contributed by atoms with Gasteiger partial charge < -0.3 is 5.32 Å². The highest BCUT2D eigenvalue weighted by Crippen LogP contribution is 2.40. The van der Waals surface area contributed by atoms with Crippen LogP contribution in [-0.2, 0) is 16.4 Å². The zero-order valence-electron chi connectivity index (χ0n) is 19.2. The first kappa shape index (κ1) is 23.8. The highest BCUT2D eigenvalue weighted by atomic mass is 32.3. The minimum Gasteiger partial charge on any atom is -0.323 e. The summed E-state index contributed by atoms with van der Waals surface area (Å²) in [5.74, 6) is 1.34. The van der Waals surface area contributed by atoms with Gasteiger partial charge in [0.2, 0.25) is 5.95 Å². The molecule has 0 radical (unpaired) electrons. The van der Waals surface area contributed by atoms with Gasteiger partial charge in [0.05, 0.1) is 22.1 Å². The predicted octanol–water partition coefficient (Wildman–Crippen LogP) is 4.11. The summed E-state index contributed by atoms with van der Waals surface area (Å²) in [6, 6.07) is 20.4. The van der Waals surface area contributed by atoms with Crippen LogP contribution in [0.15, 0.2) is 71.6 Å². The summed E-state index contributed by atoms with van der Waals surface area (Å²) in [5, 5.41) is 7.85. The van der Waals surface area contributed by atoms with Gasteiger partial charge in [0.25, 0.3) is 0 Å². The molecule has 2 aromatic heterocycles. The van der Waals surface area contributed by atoms with E-state index < -0.39 is 20.4 Å². The molecule has 0 saturated carbocycles. The molecule has 0 atom stereocenters. The van der Waals surface area contributed by atoms with Crippen molar-refractivity contribution < 1.29 is 17.5 Å². The van der Waals surface area contributed by atoms with Crippen LogP contribution < -0.4 is 5.32 Å². The molecule has 3 heterocycles. The molecule has 1 saturated heterocycles. The van der Waals surface area contributed by atoms with Crippen LogP contribution in [0, 0.1) is 0 Å². The fourth-order valence-electron chi connectivity index (χ4n) is 4.05. The molecule has 1 fully saturated rings. The van der Waals surface area contributed by atoms with E-state index in [1.807, 2.05) is 42.5 Å². The normalized spacial score (nSPS) is 17.3. The van der Waals surface area contributed by atoms with E-state index in [9.17, 15) is 17.5 Å². The van der Waals surface area contributed by atoms with Crippen molar-refractivity contribution in [1.29, 1.82) is 0 Å². The lowest BCUT2D eigenvalue weighted by Gasteiger charge is -2.41. The van der Waals surface area contributed by atoms with Crippen LogP contribution in [0.1, 0.15) is 5.56 Å². The molecule has 0 spiro atoms. The average molecular weight is 514 g/mol. The minimum absolute atomic E-state index is 0.272. The molecule has 1 aliphatic rings. The zero-order valence-corrected chi connectivity index (χ0v) is 20.8. The molecule has 1 aliphatic heterocycles. The van der Waals surface area contributed by atoms with Crippen molar-refractivity contribution >= 4 is 37.7 Å². The summed E-state index contributed by atoms with van der Waals surface area (Å²) in [6.45, 7) is 2.14. The largest absolute Gasteiger partial charge is 0.323 e. The van der Waals surface area contributed by atoms with Crippen molar-refractivity contribution in [2.45, 2.75) is 11.4 Å². The van der Waals surface area contributed by atoms with Crippen LogP contribution in [-0.4, -0.2) is 67.9 Å². The number of benzene rings is 2. The summed E-state index contributed by atoms with van der Waals surface area (Å²) in [4.78, 5) is 7.07. The molecule has 0 bridgehead atoms. The fraction of sp³-hybridized carbons (Fsp3) is 0.250. The van der Waals surface area contributed by atoms with Gasteiger partial charge in [-0.05, 0) is 42.0 Å². The second kappa shape index (κ2) is 9.25. The highest BCUT2D eigenvalue weighted by molar-refractivity contribution is 8.24. The Morgan fingerprint density at radius 2 is 1.66 bits per heavy atom. The Morgan fingerprint density at radius 3 is 2.31 bits per heavy atom. The summed E-state index contributed by atoms with van der Waals surface area (Å²) in [5.41, 5.74) is 4.32. The van der Waals surface area contributed by atoms with Gasteiger partial charge in [-0.2, -0.15) is 15.6 Å². The van der Waals surface area contributed by atoms with Crippen molar-refractivity contribution in [3.8, 4) is 11.3 Å². The third-order valence-corrected chi connectivity index (χ3v) is 8.82. The van der Waals surface area contributed by atoms with E-state index in [-0.39, 0.29) is 4.90 Å². The SMILES string of the molecule is CS(=O)(=O)c1ccc(-c2cccc3nc(Nc4ccc(CN5CCS(O)(O)CC5)cc4)nn23)cc1. The lowest BCUT2D eigenvalue weighted by Crippen LogP contribution is -2.37. The average Bonchev–Trinajstić information content (AvgIpc) is 3.24. The standard InChI is InChI=1S/C24H27N5O4S2/c1-34(30,31)21-11-7-19(8-12-21)22-3-2-4-23-26-24(27-29(22)23)25-20-9-5-18(6-10-20)17-28-13-15-35(32,33)16-14-28/h2-12,32-33H,13-17H2,1H3,(H,25,27). The number of hydrogen-bond donors (Lipinski definition) is 3. The number of hydrogen-bond acceptors (Lipinski definition) is 8. The molecule has 11 heteroatoms. The van der Waals surface area contributed by atoms with Crippen LogP contribution in [0.4, 0.5) is 11.6 Å². The predicted molar refractivity (Wildman–Crippen MR) is 139 cm³/mol. The van der Waals surface area contributed by atoms with E-state index in [1.54, 1.807) is 28.8 Å². The molecule has 0 amide bonds. The maximum absolute atomic E-state index is 11.8. The lowest BCUT2D eigenvalue weighted by molar-refractivity contribution is 0.278. The van der Waals surface area contributed by atoms with E-state index in [0.717, 1.165) is 29.1 Å². The van der Waals surface area contributed by atoms with Crippen LogP contribution in [0.3, 0.4) is 0 Å². The molecular weight excluding hydrogens is 486 g/mol. The molecule has 5 rings (SSSR count). The number of anilines is 2. The maximum atomic E-state index is 11.8. The summed E-state index contributed by atoms with van der Waals surface area (Å²) in [6.07, 6.45) is 1.19. The number of sulfone groups is 1. The van der Waals surface area contributed by atoms with Gasteiger partial charge in [-0.15, -0.1) is 5.10 Å². The molecule has 0 unspecified atom stereocenters. The number of nitrogens with zero attached hydrogens (tertiary/aromatic N) is 4. The third-order valence-electron chi connectivity index (χ3n) is 6.02. The molecular formula is C24H27N5O4S2. The van der Waals surface area contributed by atoms with Crippen LogP contribution in [0.2, 0.25) is 0 Å². The summed E-state index contributed by atoms with van der Waals surface area (Å²) >= 11 is 0. The van der Waals surface area contributed by atoms with Gasteiger partial charge in [0.1, 0.15) is 0 Å². The second-order valence-corrected chi connectivity index (χ2v) is 13.2. The van der Waals surface area contributed by atoms with Crippen LogP contribution in [0.25, 0.3) is 16.9 Å². The summed E-state index contributed by atoms with van der Waals surface area (Å²) < 4.78 is 44.8. The van der Waals surface area contributed by atoms with E-state index in [2.05, 4.69) is 20.3 Å². The quantitative estimate of drug-likeness (QED) is 0.352. The van der Waals surface area contributed by atoms with Crippen molar-refractivity contribution in [2.24, 2.45) is 0 Å². The Balaban J connectivity index is 1.30. The Kier molecular flexibility index (Phi) is 6.28. The molecule has 3 N–H and O–H groups in total. The minimum atomic E-state index is -3.26.